The van der Waals surface area contributed by atoms with E-state index >= 15 is 0 Å². The SMILES string of the molecule is COc1ccc(C(CCO)C(C)(C)N)c(Cl)c1OC. The smallest absolute Gasteiger partial charge is 0.179 e. The maximum Gasteiger partial charge on any atom is 0.179 e. The third-order valence-electron chi connectivity index (χ3n) is 3.21. The summed E-state index contributed by atoms with van der Waals surface area (Å²) in [5, 5.41) is 9.71. The fourth-order valence-corrected chi connectivity index (χ4v) is 2.60. The van der Waals surface area contributed by atoms with Crippen LogP contribution < -0.4 is 15.2 Å². The molecule has 0 aliphatic heterocycles. The molecule has 0 aromatic heterocycles. The molecule has 0 bridgehead atoms. The Morgan fingerprint density at radius 2 is 1.95 bits per heavy atom. The summed E-state index contributed by atoms with van der Waals surface area (Å²) in [6, 6.07) is 3.68. The Kier molecular flexibility index (Phi) is 5.47. The minimum Gasteiger partial charge on any atom is -0.493 e. The molecule has 0 aliphatic rings. The highest BCUT2D eigenvalue weighted by molar-refractivity contribution is 6.33. The van der Waals surface area contributed by atoms with Crippen LogP contribution in [0.1, 0.15) is 31.7 Å². The average Bonchev–Trinajstić information content (AvgIpc) is 2.34. The summed E-state index contributed by atoms with van der Waals surface area (Å²) < 4.78 is 10.5. The van der Waals surface area contributed by atoms with E-state index in [1.54, 1.807) is 20.3 Å². The monoisotopic (exact) mass is 287 g/mol. The lowest BCUT2D eigenvalue weighted by atomic mass is 9.80. The number of benzene rings is 1. The van der Waals surface area contributed by atoms with E-state index in [-0.39, 0.29) is 12.5 Å². The van der Waals surface area contributed by atoms with Crippen LogP contribution in [-0.2, 0) is 0 Å². The van der Waals surface area contributed by atoms with E-state index in [4.69, 9.17) is 26.8 Å². The molecular formula is C14H22ClNO3. The van der Waals surface area contributed by atoms with E-state index in [1.165, 1.54) is 0 Å². The van der Waals surface area contributed by atoms with Crippen LogP contribution >= 0.6 is 11.6 Å². The van der Waals surface area contributed by atoms with Crippen LogP contribution in [-0.4, -0.2) is 31.5 Å². The first kappa shape index (κ1) is 16.1. The quantitative estimate of drug-likeness (QED) is 0.844. The summed E-state index contributed by atoms with van der Waals surface area (Å²) in [5.41, 5.74) is 6.55. The lowest BCUT2D eigenvalue weighted by Gasteiger charge is -2.31. The fraction of sp³-hybridized carbons (Fsp3) is 0.571. The van der Waals surface area contributed by atoms with Crippen molar-refractivity contribution in [3.05, 3.63) is 22.7 Å². The van der Waals surface area contributed by atoms with E-state index in [0.29, 0.717) is 22.9 Å². The Balaban J connectivity index is 3.32. The normalized spacial score (nSPS) is 13.2. The van der Waals surface area contributed by atoms with E-state index in [9.17, 15) is 5.11 Å². The molecule has 0 heterocycles. The molecule has 1 rings (SSSR count). The first-order chi connectivity index (χ1) is 8.86. The summed E-state index contributed by atoms with van der Waals surface area (Å²) in [6.07, 6.45) is 0.540. The van der Waals surface area contributed by atoms with Gasteiger partial charge in [-0.15, -0.1) is 0 Å². The highest BCUT2D eigenvalue weighted by Crippen LogP contribution is 2.43. The molecule has 1 atom stereocenters. The molecule has 5 heteroatoms. The minimum atomic E-state index is -0.494. The second-order valence-corrected chi connectivity index (χ2v) is 5.47. The van der Waals surface area contributed by atoms with Crippen LogP contribution in [0.15, 0.2) is 12.1 Å². The molecule has 1 unspecified atom stereocenters. The van der Waals surface area contributed by atoms with Crippen LogP contribution in [0.5, 0.6) is 11.5 Å². The number of methoxy groups -OCH3 is 2. The van der Waals surface area contributed by atoms with Crippen molar-refractivity contribution in [2.24, 2.45) is 5.73 Å². The molecule has 3 N–H and O–H groups in total. The Bertz CT molecular complexity index is 429. The summed E-state index contributed by atoms with van der Waals surface area (Å²) in [5.74, 6) is 1.01. The minimum absolute atomic E-state index is 0.0516. The number of ether oxygens (including phenoxy) is 2. The van der Waals surface area contributed by atoms with Gasteiger partial charge in [0.05, 0.1) is 19.2 Å². The topological polar surface area (TPSA) is 64.7 Å². The van der Waals surface area contributed by atoms with Crippen LogP contribution in [0.2, 0.25) is 5.02 Å². The Labute approximate surface area is 119 Å². The van der Waals surface area contributed by atoms with Gasteiger partial charge in [0.15, 0.2) is 11.5 Å². The highest BCUT2D eigenvalue weighted by atomic mass is 35.5. The molecule has 19 heavy (non-hydrogen) atoms. The molecule has 0 fully saturated rings. The van der Waals surface area contributed by atoms with Gasteiger partial charge in [0, 0.05) is 18.1 Å². The van der Waals surface area contributed by atoms with Crippen LogP contribution in [0.25, 0.3) is 0 Å². The van der Waals surface area contributed by atoms with Gasteiger partial charge < -0.3 is 20.3 Å². The van der Waals surface area contributed by atoms with Gasteiger partial charge in [0.2, 0.25) is 0 Å². The number of hydrogen-bond donors (Lipinski definition) is 2. The Morgan fingerprint density at radius 3 is 2.37 bits per heavy atom. The van der Waals surface area contributed by atoms with Crippen molar-refractivity contribution in [1.29, 1.82) is 0 Å². The van der Waals surface area contributed by atoms with E-state index in [0.717, 1.165) is 5.56 Å². The third-order valence-corrected chi connectivity index (χ3v) is 3.60. The first-order valence-corrected chi connectivity index (χ1v) is 6.54. The summed E-state index contributed by atoms with van der Waals surface area (Å²) in [6.45, 7) is 3.89. The molecule has 0 amide bonds. The largest absolute Gasteiger partial charge is 0.493 e. The molecule has 1 aromatic rings. The van der Waals surface area contributed by atoms with Crippen LogP contribution in [0, 0.1) is 0 Å². The van der Waals surface area contributed by atoms with Gasteiger partial charge >= 0.3 is 0 Å². The molecule has 0 aliphatic carbocycles. The first-order valence-electron chi connectivity index (χ1n) is 6.16. The van der Waals surface area contributed by atoms with Gasteiger partial charge in [-0.1, -0.05) is 17.7 Å². The predicted molar refractivity (Wildman–Crippen MR) is 77.3 cm³/mol. The highest BCUT2D eigenvalue weighted by Gasteiger charge is 2.29. The van der Waals surface area contributed by atoms with Gasteiger partial charge in [-0.05, 0) is 31.9 Å². The van der Waals surface area contributed by atoms with Crippen LogP contribution in [0.3, 0.4) is 0 Å². The zero-order chi connectivity index (χ0) is 14.6. The second kappa shape index (κ2) is 6.46. The third kappa shape index (κ3) is 3.53. The number of aliphatic hydroxyl groups is 1. The maximum absolute atomic E-state index is 9.22. The van der Waals surface area contributed by atoms with Crippen molar-refractivity contribution in [2.45, 2.75) is 31.7 Å². The molecule has 0 saturated heterocycles. The van der Waals surface area contributed by atoms with Gasteiger partial charge in [0.25, 0.3) is 0 Å². The van der Waals surface area contributed by atoms with Crippen molar-refractivity contribution in [3.63, 3.8) is 0 Å². The van der Waals surface area contributed by atoms with Crippen molar-refractivity contribution >= 4 is 11.6 Å². The summed E-state index contributed by atoms with van der Waals surface area (Å²) in [4.78, 5) is 0. The van der Waals surface area contributed by atoms with Gasteiger partial charge in [0.1, 0.15) is 0 Å². The lowest BCUT2D eigenvalue weighted by molar-refractivity contribution is 0.250. The standard InChI is InChI=1S/C14H22ClNO3/c1-14(2,16)10(7-8-17)9-5-6-11(18-3)13(19-4)12(9)15/h5-6,10,17H,7-8,16H2,1-4H3. The zero-order valence-electron chi connectivity index (χ0n) is 11.9. The van der Waals surface area contributed by atoms with E-state index < -0.39 is 5.54 Å². The Hall–Kier alpha value is -0.970. The number of halogens is 1. The summed E-state index contributed by atoms with van der Waals surface area (Å²) >= 11 is 6.39. The van der Waals surface area contributed by atoms with Gasteiger partial charge in [-0.2, -0.15) is 0 Å². The predicted octanol–water partition coefficient (Wildman–Crippen LogP) is 2.56. The van der Waals surface area contributed by atoms with Crippen molar-refractivity contribution in [3.8, 4) is 11.5 Å². The molecule has 108 valence electrons. The average molecular weight is 288 g/mol. The van der Waals surface area contributed by atoms with Crippen molar-refractivity contribution in [1.82, 2.24) is 0 Å². The summed E-state index contributed by atoms with van der Waals surface area (Å²) in [7, 11) is 3.11. The number of hydrogen-bond acceptors (Lipinski definition) is 4. The van der Waals surface area contributed by atoms with E-state index in [1.807, 2.05) is 19.9 Å². The van der Waals surface area contributed by atoms with Gasteiger partial charge in [-0.3, -0.25) is 0 Å². The van der Waals surface area contributed by atoms with Crippen LogP contribution in [0.4, 0.5) is 0 Å². The molecule has 0 spiro atoms. The number of rotatable bonds is 6. The zero-order valence-corrected chi connectivity index (χ0v) is 12.6. The van der Waals surface area contributed by atoms with E-state index in [2.05, 4.69) is 0 Å². The molecular weight excluding hydrogens is 266 g/mol. The molecule has 0 saturated carbocycles. The second-order valence-electron chi connectivity index (χ2n) is 5.09. The van der Waals surface area contributed by atoms with Crippen molar-refractivity contribution < 1.29 is 14.6 Å². The lowest BCUT2D eigenvalue weighted by Crippen LogP contribution is -2.39. The number of aliphatic hydroxyl groups excluding tert-OH is 1. The number of nitrogens with two attached hydrogens (primary N) is 1. The molecule has 0 radical (unpaired) electrons. The molecule has 1 aromatic carbocycles. The van der Waals surface area contributed by atoms with Crippen molar-refractivity contribution in [2.75, 3.05) is 20.8 Å². The molecule has 4 nitrogen and oxygen atoms in total. The maximum atomic E-state index is 9.22. The van der Waals surface area contributed by atoms with Gasteiger partial charge in [-0.25, -0.2) is 0 Å². The fourth-order valence-electron chi connectivity index (χ4n) is 2.23. The Morgan fingerprint density at radius 1 is 1.32 bits per heavy atom.